The molecular weight excluding hydrogens is 200 g/mol. The summed E-state index contributed by atoms with van der Waals surface area (Å²) in [5.74, 6) is -0.0275. The van der Waals surface area contributed by atoms with Gasteiger partial charge in [0.1, 0.15) is 5.60 Å². The van der Waals surface area contributed by atoms with Crippen LogP contribution in [0.3, 0.4) is 0 Å². The molecular formula is C14H22O2. The van der Waals surface area contributed by atoms with Gasteiger partial charge in [-0.25, -0.2) is 4.79 Å². The van der Waals surface area contributed by atoms with Crippen molar-refractivity contribution in [2.24, 2.45) is 5.92 Å². The van der Waals surface area contributed by atoms with Gasteiger partial charge in [-0.1, -0.05) is 27.0 Å². The minimum atomic E-state index is -0.464. The van der Waals surface area contributed by atoms with E-state index in [4.69, 9.17) is 4.74 Å². The molecule has 0 saturated heterocycles. The quantitative estimate of drug-likeness (QED) is 0.414. The largest absolute Gasteiger partial charge is 0.451 e. The van der Waals surface area contributed by atoms with Gasteiger partial charge in [-0.15, -0.1) is 0 Å². The van der Waals surface area contributed by atoms with Crippen LogP contribution in [0.4, 0.5) is 0 Å². The van der Waals surface area contributed by atoms with E-state index in [1.54, 1.807) is 6.92 Å². The van der Waals surface area contributed by atoms with E-state index in [2.05, 4.69) is 27.0 Å². The van der Waals surface area contributed by atoms with E-state index in [0.717, 1.165) is 31.3 Å². The molecule has 16 heavy (non-hydrogen) atoms. The predicted molar refractivity (Wildman–Crippen MR) is 66.1 cm³/mol. The van der Waals surface area contributed by atoms with E-state index in [0.29, 0.717) is 5.57 Å². The Labute approximate surface area is 98.4 Å². The molecule has 0 aromatic rings. The van der Waals surface area contributed by atoms with Crippen LogP contribution in [0.5, 0.6) is 0 Å². The summed E-state index contributed by atoms with van der Waals surface area (Å²) in [5, 5.41) is 0. The van der Waals surface area contributed by atoms with Crippen molar-refractivity contribution in [2.45, 2.75) is 52.1 Å². The lowest BCUT2D eigenvalue weighted by atomic mass is 9.74. The molecule has 1 rings (SSSR count). The first-order chi connectivity index (χ1) is 7.40. The van der Waals surface area contributed by atoms with Crippen LogP contribution < -0.4 is 0 Å². The van der Waals surface area contributed by atoms with Gasteiger partial charge in [-0.05, 0) is 44.1 Å². The normalized spacial score (nSPS) is 25.6. The molecule has 1 aliphatic carbocycles. The molecule has 1 atom stereocenters. The average Bonchev–Trinajstić information content (AvgIpc) is 2.20. The summed E-state index contributed by atoms with van der Waals surface area (Å²) in [6.45, 7) is 13.6. The number of carbonyl (C=O) groups excluding carboxylic acids is 1. The third-order valence-electron chi connectivity index (χ3n) is 3.43. The van der Waals surface area contributed by atoms with Crippen LogP contribution >= 0.6 is 0 Å². The van der Waals surface area contributed by atoms with Gasteiger partial charge in [0.2, 0.25) is 0 Å². The summed E-state index contributed by atoms with van der Waals surface area (Å²) >= 11 is 0. The Morgan fingerprint density at radius 1 is 1.44 bits per heavy atom. The van der Waals surface area contributed by atoms with E-state index >= 15 is 0 Å². The Balaban J connectivity index is 2.92. The number of rotatable bonds is 3. The van der Waals surface area contributed by atoms with Gasteiger partial charge in [-0.2, -0.15) is 0 Å². The van der Waals surface area contributed by atoms with Crippen molar-refractivity contribution in [3.05, 3.63) is 24.3 Å². The number of hydrogen-bond donors (Lipinski definition) is 0. The van der Waals surface area contributed by atoms with E-state index in [9.17, 15) is 4.79 Å². The minimum Gasteiger partial charge on any atom is -0.451 e. The summed E-state index contributed by atoms with van der Waals surface area (Å²) in [4.78, 5) is 11.7. The lowest BCUT2D eigenvalue weighted by molar-refractivity contribution is -0.157. The number of esters is 1. The topological polar surface area (TPSA) is 26.3 Å². The van der Waals surface area contributed by atoms with E-state index in [1.165, 1.54) is 0 Å². The minimum absolute atomic E-state index is 0.267. The maximum Gasteiger partial charge on any atom is 0.333 e. The molecule has 1 fully saturated rings. The Morgan fingerprint density at radius 3 is 2.50 bits per heavy atom. The Bertz CT molecular complexity index is 315. The summed E-state index contributed by atoms with van der Waals surface area (Å²) in [6.07, 6.45) is 4.10. The Morgan fingerprint density at radius 2 is 2.06 bits per heavy atom. The highest BCUT2D eigenvalue weighted by Gasteiger charge is 2.41. The number of hydrogen-bond acceptors (Lipinski definition) is 2. The van der Waals surface area contributed by atoms with Crippen molar-refractivity contribution in [1.29, 1.82) is 0 Å². The van der Waals surface area contributed by atoms with Gasteiger partial charge in [0.15, 0.2) is 0 Å². The first-order valence-electron chi connectivity index (χ1n) is 5.97. The van der Waals surface area contributed by atoms with Crippen LogP contribution in [0.1, 0.15) is 46.5 Å². The van der Waals surface area contributed by atoms with Crippen LogP contribution in [-0.4, -0.2) is 11.6 Å². The maximum atomic E-state index is 11.7. The lowest BCUT2D eigenvalue weighted by Crippen LogP contribution is -2.44. The van der Waals surface area contributed by atoms with Crippen molar-refractivity contribution in [1.82, 2.24) is 0 Å². The van der Waals surface area contributed by atoms with Crippen LogP contribution in [-0.2, 0) is 9.53 Å². The molecule has 0 bridgehead atoms. The van der Waals surface area contributed by atoms with Gasteiger partial charge in [0.05, 0.1) is 0 Å². The van der Waals surface area contributed by atoms with E-state index in [-0.39, 0.29) is 11.9 Å². The first-order valence-corrected chi connectivity index (χ1v) is 5.97. The second-order valence-corrected chi connectivity index (χ2v) is 5.02. The van der Waals surface area contributed by atoms with Crippen molar-refractivity contribution < 1.29 is 9.53 Å². The number of ether oxygens (including phenoxy) is 1. The molecule has 1 saturated carbocycles. The van der Waals surface area contributed by atoms with Gasteiger partial charge in [0, 0.05) is 5.57 Å². The molecule has 0 aromatic heterocycles. The summed E-state index contributed by atoms with van der Waals surface area (Å²) < 4.78 is 5.68. The molecule has 1 unspecified atom stereocenters. The molecule has 0 radical (unpaired) electrons. The fourth-order valence-electron chi connectivity index (χ4n) is 2.30. The van der Waals surface area contributed by atoms with Crippen molar-refractivity contribution in [2.75, 3.05) is 0 Å². The summed E-state index contributed by atoms with van der Waals surface area (Å²) in [6, 6.07) is 0. The van der Waals surface area contributed by atoms with Crippen LogP contribution in [0.2, 0.25) is 0 Å². The van der Waals surface area contributed by atoms with Crippen LogP contribution in [0, 0.1) is 5.92 Å². The van der Waals surface area contributed by atoms with Gasteiger partial charge in [0.25, 0.3) is 0 Å². The van der Waals surface area contributed by atoms with Crippen molar-refractivity contribution in [3.8, 4) is 0 Å². The van der Waals surface area contributed by atoms with Gasteiger partial charge >= 0.3 is 5.97 Å². The standard InChI is InChI=1S/C14H22O2/c1-10(2)13(15)16-14(11(3)4)9-7-6-8-12(14)5/h11H,1,5-9H2,2-4H3. The maximum absolute atomic E-state index is 11.7. The highest BCUT2D eigenvalue weighted by molar-refractivity contribution is 5.87. The molecule has 0 amide bonds. The third-order valence-corrected chi connectivity index (χ3v) is 3.43. The van der Waals surface area contributed by atoms with Gasteiger partial charge < -0.3 is 4.74 Å². The fourth-order valence-corrected chi connectivity index (χ4v) is 2.30. The molecule has 0 spiro atoms. The molecule has 2 heteroatoms. The molecule has 2 nitrogen and oxygen atoms in total. The van der Waals surface area contributed by atoms with Crippen molar-refractivity contribution >= 4 is 5.97 Å². The first kappa shape index (κ1) is 13.0. The van der Waals surface area contributed by atoms with Gasteiger partial charge in [-0.3, -0.25) is 0 Å². The molecule has 0 heterocycles. The SMILES string of the molecule is C=C(C)C(=O)OC1(C(C)C)CCCCC1=C. The molecule has 1 aliphatic rings. The smallest absolute Gasteiger partial charge is 0.333 e. The predicted octanol–water partition coefficient (Wildman–Crippen LogP) is 3.63. The summed E-state index contributed by atoms with van der Waals surface area (Å²) in [5.41, 5.74) is 1.05. The highest BCUT2D eigenvalue weighted by Crippen LogP contribution is 2.41. The zero-order chi connectivity index (χ0) is 12.3. The molecule has 0 aromatic carbocycles. The van der Waals surface area contributed by atoms with E-state index < -0.39 is 5.60 Å². The summed E-state index contributed by atoms with van der Waals surface area (Å²) in [7, 11) is 0. The third kappa shape index (κ3) is 2.37. The van der Waals surface area contributed by atoms with E-state index in [1.807, 2.05) is 0 Å². The van der Waals surface area contributed by atoms with Crippen LogP contribution in [0.25, 0.3) is 0 Å². The Hall–Kier alpha value is -1.05. The molecule has 0 aliphatic heterocycles. The highest BCUT2D eigenvalue weighted by atomic mass is 16.6. The second kappa shape index (κ2) is 4.86. The molecule has 90 valence electrons. The second-order valence-electron chi connectivity index (χ2n) is 5.02. The monoisotopic (exact) mass is 222 g/mol. The zero-order valence-electron chi connectivity index (χ0n) is 10.6. The molecule has 0 N–H and O–H groups in total. The number of carbonyl (C=O) groups is 1. The Kier molecular flexibility index (Phi) is 3.95. The lowest BCUT2D eigenvalue weighted by Gasteiger charge is -2.42. The average molecular weight is 222 g/mol. The van der Waals surface area contributed by atoms with Crippen molar-refractivity contribution in [3.63, 3.8) is 0 Å². The zero-order valence-corrected chi connectivity index (χ0v) is 10.6. The fraction of sp³-hybridized carbons (Fsp3) is 0.643. The van der Waals surface area contributed by atoms with Crippen LogP contribution in [0.15, 0.2) is 24.3 Å².